The molecule has 0 aliphatic rings. The quantitative estimate of drug-likeness (QED) is 0.433. The maximum atomic E-state index is 3.56. The third kappa shape index (κ3) is 5.52. The molecule has 0 aliphatic carbocycles. The Morgan fingerprint density at radius 3 is 2.67 bits per heavy atom. The van der Waals surface area contributed by atoms with Crippen molar-refractivity contribution < 1.29 is 0 Å². The molecule has 0 spiro atoms. The van der Waals surface area contributed by atoms with Crippen LogP contribution in [-0.2, 0) is 0 Å². The van der Waals surface area contributed by atoms with Crippen molar-refractivity contribution in [3.63, 3.8) is 0 Å². The van der Waals surface area contributed by atoms with Gasteiger partial charge in [-0.25, -0.2) is 0 Å². The van der Waals surface area contributed by atoms with Crippen molar-refractivity contribution in [3.05, 3.63) is 54.3 Å². The SMILES string of the molecule is C=CC=C=C/C=C(/C=C/C)CC. The summed E-state index contributed by atoms with van der Waals surface area (Å²) < 4.78 is 0. The van der Waals surface area contributed by atoms with E-state index in [1.807, 2.05) is 19.1 Å². The van der Waals surface area contributed by atoms with Crippen LogP contribution in [-0.4, -0.2) is 0 Å². The Balaban J connectivity index is 4.29. The van der Waals surface area contributed by atoms with E-state index < -0.39 is 0 Å². The monoisotopic (exact) mass is 160 g/mol. The lowest BCUT2D eigenvalue weighted by molar-refractivity contribution is 1.15. The Bertz CT molecular complexity index is 233. The van der Waals surface area contributed by atoms with Crippen molar-refractivity contribution in [1.29, 1.82) is 0 Å². The van der Waals surface area contributed by atoms with E-state index in [0.717, 1.165) is 6.42 Å². The van der Waals surface area contributed by atoms with Crippen LogP contribution in [0.15, 0.2) is 54.3 Å². The Hall–Kier alpha value is -1.26. The molecular formula is C12H16. The molecule has 0 nitrogen and oxygen atoms in total. The summed E-state index contributed by atoms with van der Waals surface area (Å²) in [6.07, 6.45) is 12.7. The van der Waals surface area contributed by atoms with Crippen LogP contribution in [0.2, 0.25) is 0 Å². The Kier molecular flexibility index (Phi) is 7.02. The first kappa shape index (κ1) is 10.7. The molecule has 64 valence electrons. The highest BCUT2D eigenvalue weighted by Gasteiger charge is 1.81. The molecule has 0 saturated heterocycles. The van der Waals surface area contributed by atoms with E-state index in [2.05, 4.69) is 31.4 Å². The zero-order valence-electron chi connectivity index (χ0n) is 7.88. The average Bonchev–Trinajstić information content (AvgIpc) is 2.10. The van der Waals surface area contributed by atoms with Crippen molar-refractivity contribution in [1.82, 2.24) is 0 Å². The van der Waals surface area contributed by atoms with Crippen LogP contribution in [0.1, 0.15) is 20.3 Å². The zero-order chi connectivity index (χ0) is 9.23. The normalized spacial score (nSPS) is 11.0. The van der Waals surface area contributed by atoms with E-state index in [1.165, 1.54) is 5.57 Å². The number of allylic oxidation sites excluding steroid dienone is 6. The van der Waals surface area contributed by atoms with Gasteiger partial charge in [0, 0.05) is 0 Å². The van der Waals surface area contributed by atoms with Gasteiger partial charge < -0.3 is 0 Å². The molecule has 0 heterocycles. The third-order valence-electron chi connectivity index (χ3n) is 1.40. The molecular weight excluding hydrogens is 144 g/mol. The topological polar surface area (TPSA) is 0 Å². The minimum absolute atomic E-state index is 1.05. The second-order valence-corrected chi connectivity index (χ2v) is 2.33. The first-order chi connectivity index (χ1) is 5.85. The fourth-order valence-corrected chi connectivity index (χ4v) is 0.784. The highest BCUT2D eigenvalue weighted by molar-refractivity contribution is 5.23. The Morgan fingerprint density at radius 1 is 1.42 bits per heavy atom. The van der Waals surface area contributed by atoms with Gasteiger partial charge in [0.15, 0.2) is 0 Å². The number of rotatable bonds is 4. The molecule has 0 bridgehead atoms. The third-order valence-corrected chi connectivity index (χ3v) is 1.40. The summed E-state index contributed by atoms with van der Waals surface area (Å²) in [5.41, 5.74) is 4.29. The summed E-state index contributed by atoms with van der Waals surface area (Å²) in [5, 5.41) is 0. The predicted molar refractivity (Wildman–Crippen MR) is 56.0 cm³/mol. The van der Waals surface area contributed by atoms with Gasteiger partial charge in [0.1, 0.15) is 0 Å². The van der Waals surface area contributed by atoms with Crippen LogP contribution < -0.4 is 0 Å². The molecule has 0 aliphatic heterocycles. The van der Waals surface area contributed by atoms with Crippen LogP contribution >= 0.6 is 0 Å². The van der Waals surface area contributed by atoms with E-state index in [9.17, 15) is 0 Å². The molecule has 0 saturated carbocycles. The van der Waals surface area contributed by atoms with Gasteiger partial charge >= 0.3 is 0 Å². The summed E-state index contributed by atoms with van der Waals surface area (Å²) in [6, 6.07) is 0. The van der Waals surface area contributed by atoms with E-state index in [-0.39, 0.29) is 0 Å². The summed E-state index contributed by atoms with van der Waals surface area (Å²) in [7, 11) is 0. The predicted octanol–water partition coefficient (Wildman–Crippen LogP) is 3.80. The van der Waals surface area contributed by atoms with Crippen molar-refractivity contribution in [3.8, 4) is 0 Å². The van der Waals surface area contributed by atoms with E-state index in [4.69, 9.17) is 0 Å². The zero-order valence-corrected chi connectivity index (χ0v) is 7.88. The van der Waals surface area contributed by atoms with Crippen LogP contribution in [0.5, 0.6) is 0 Å². The number of hydrogen-bond donors (Lipinski definition) is 0. The van der Waals surface area contributed by atoms with Crippen LogP contribution in [0.3, 0.4) is 0 Å². The molecule has 0 aromatic heterocycles. The number of hydrogen-bond acceptors (Lipinski definition) is 0. The molecule has 0 unspecified atom stereocenters. The maximum absolute atomic E-state index is 3.56. The van der Waals surface area contributed by atoms with E-state index in [1.54, 1.807) is 12.2 Å². The van der Waals surface area contributed by atoms with Crippen LogP contribution in [0.4, 0.5) is 0 Å². The fraction of sp³-hybridized carbons (Fsp3) is 0.250. The Morgan fingerprint density at radius 2 is 2.17 bits per heavy atom. The lowest BCUT2D eigenvalue weighted by atomic mass is 10.2. The lowest BCUT2D eigenvalue weighted by Crippen LogP contribution is -1.70. The van der Waals surface area contributed by atoms with Gasteiger partial charge in [0.2, 0.25) is 0 Å². The summed E-state index contributed by atoms with van der Waals surface area (Å²) >= 11 is 0. The maximum Gasteiger partial charge on any atom is -0.0197 e. The van der Waals surface area contributed by atoms with Gasteiger partial charge in [0.05, 0.1) is 0 Å². The van der Waals surface area contributed by atoms with Crippen LogP contribution in [0.25, 0.3) is 0 Å². The van der Waals surface area contributed by atoms with Crippen molar-refractivity contribution in [2.24, 2.45) is 0 Å². The minimum atomic E-state index is 1.05. The van der Waals surface area contributed by atoms with Gasteiger partial charge in [0.25, 0.3) is 0 Å². The minimum Gasteiger partial charge on any atom is -0.121 e. The molecule has 0 heteroatoms. The molecule has 0 radical (unpaired) electrons. The molecule has 0 aromatic rings. The van der Waals surface area contributed by atoms with Gasteiger partial charge in [-0.1, -0.05) is 37.8 Å². The molecule has 0 fully saturated rings. The summed E-state index contributed by atoms with van der Waals surface area (Å²) in [5.74, 6) is 0. The standard InChI is InChI=1S/C12H16/c1-4-7-8-9-11-12(6-3)10-5-2/h4-5,7,9-11H,1,6H2,2-3H3/b10-5+,12-11+. The largest absolute Gasteiger partial charge is 0.121 e. The van der Waals surface area contributed by atoms with Crippen molar-refractivity contribution >= 4 is 0 Å². The van der Waals surface area contributed by atoms with Gasteiger partial charge in [-0.05, 0) is 31.1 Å². The molecule has 0 aromatic carbocycles. The smallest absolute Gasteiger partial charge is 0.0197 e. The highest BCUT2D eigenvalue weighted by atomic mass is 13.9. The lowest BCUT2D eigenvalue weighted by Gasteiger charge is -1.90. The van der Waals surface area contributed by atoms with E-state index in [0.29, 0.717) is 0 Å². The van der Waals surface area contributed by atoms with Crippen molar-refractivity contribution in [2.45, 2.75) is 20.3 Å². The Labute approximate surface area is 75.3 Å². The van der Waals surface area contributed by atoms with Gasteiger partial charge in [-0.2, -0.15) is 0 Å². The summed E-state index contributed by atoms with van der Waals surface area (Å²) in [4.78, 5) is 0. The first-order valence-electron chi connectivity index (χ1n) is 4.20. The van der Waals surface area contributed by atoms with Gasteiger partial charge in [-0.3, -0.25) is 0 Å². The van der Waals surface area contributed by atoms with Gasteiger partial charge in [-0.15, -0.1) is 5.73 Å². The fourth-order valence-electron chi connectivity index (χ4n) is 0.784. The first-order valence-corrected chi connectivity index (χ1v) is 4.20. The van der Waals surface area contributed by atoms with E-state index >= 15 is 0 Å². The van der Waals surface area contributed by atoms with Crippen LogP contribution in [0, 0.1) is 0 Å². The molecule has 0 N–H and O–H groups in total. The second kappa shape index (κ2) is 7.84. The summed E-state index contributed by atoms with van der Waals surface area (Å²) in [6.45, 7) is 7.72. The molecule has 12 heavy (non-hydrogen) atoms. The average molecular weight is 160 g/mol. The molecule has 0 rings (SSSR count). The highest BCUT2D eigenvalue weighted by Crippen LogP contribution is 2.01. The molecule has 0 amide bonds. The van der Waals surface area contributed by atoms with Crippen molar-refractivity contribution in [2.75, 3.05) is 0 Å². The second-order valence-electron chi connectivity index (χ2n) is 2.33. The molecule has 0 atom stereocenters.